The third-order valence-corrected chi connectivity index (χ3v) is 3.72. The topological polar surface area (TPSA) is 46.2 Å². The number of nitrogens with one attached hydrogen (secondary N) is 1. The maximum atomic E-state index is 9.89. The Labute approximate surface area is 174 Å². The first kappa shape index (κ1) is 40.7. The Morgan fingerprint density at radius 2 is 0.889 bits per heavy atom. The third-order valence-electron chi connectivity index (χ3n) is 2.97. The van der Waals surface area contributed by atoms with Gasteiger partial charge in [-0.05, 0) is 46.1 Å². The first-order valence-electron chi connectivity index (χ1n) is 9.72. The van der Waals surface area contributed by atoms with Crippen molar-refractivity contribution in [2.24, 2.45) is 0 Å². The Kier molecular flexibility index (Phi) is 49.4. The van der Waals surface area contributed by atoms with Gasteiger partial charge in [0.15, 0.2) is 0 Å². The standard InChI is InChI=1S/2C6H12.C5H10.C3H8.C2H7NO2S.CH4/c2*1-4-6(3)5-2;1-4-5(2)3;1-3-2;1-3-6(2,4)5;/h2*3-5H2,1-2H3;2,4H2,1,3H3;3H2,1-2H3;3H,1-2H3;1H4. The molecule has 0 heterocycles. The number of hydrogen-bond donors (Lipinski definition) is 1. The maximum absolute atomic E-state index is 9.89. The molecule has 0 aliphatic heterocycles. The molecule has 0 aromatic carbocycles. The zero-order valence-electron chi connectivity index (χ0n) is 19.6. The molecule has 0 spiro atoms. The monoisotopic (exact) mass is 407 g/mol. The van der Waals surface area contributed by atoms with E-state index in [-0.39, 0.29) is 7.43 Å². The summed E-state index contributed by atoms with van der Waals surface area (Å²) in [7, 11) is -1.54. The Morgan fingerprint density at radius 3 is 0.889 bits per heavy atom. The lowest BCUT2D eigenvalue weighted by Gasteiger charge is -1.89. The van der Waals surface area contributed by atoms with Gasteiger partial charge in [0.25, 0.3) is 0 Å². The largest absolute Gasteiger partial charge is 0.219 e. The van der Waals surface area contributed by atoms with Crippen LogP contribution in [0.1, 0.15) is 101 Å². The summed E-state index contributed by atoms with van der Waals surface area (Å²) in [5.41, 5.74) is 3.94. The third kappa shape index (κ3) is 91.4. The van der Waals surface area contributed by atoms with E-state index in [4.69, 9.17) is 0 Å². The zero-order chi connectivity index (χ0) is 22.2. The summed E-state index contributed by atoms with van der Waals surface area (Å²) in [5, 5.41) is 0. The molecule has 0 saturated heterocycles. The van der Waals surface area contributed by atoms with E-state index >= 15 is 0 Å². The number of hydrogen-bond acceptors (Lipinski definition) is 2. The molecule has 0 atom stereocenters. The van der Waals surface area contributed by atoms with Crippen LogP contribution in [0.3, 0.4) is 0 Å². The summed E-state index contributed by atoms with van der Waals surface area (Å²) in [5.74, 6) is 0. The van der Waals surface area contributed by atoms with Crippen LogP contribution in [0.2, 0.25) is 0 Å². The quantitative estimate of drug-likeness (QED) is 0.454. The van der Waals surface area contributed by atoms with Gasteiger partial charge in [-0.2, -0.15) is 0 Å². The van der Waals surface area contributed by atoms with E-state index in [1.807, 2.05) is 6.92 Å². The van der Waals surface area contributed by atoms with Crippen LogP contribution < -0.4 is 4.72 Å². The molecule has 0 aromatic heterocycles. The van der Waals surface area contributed by atoms with Crippen LogP contribution in [0.15, 0.2) is 36.5 Å². The Morgan fingerprint density at radius 1 is 0.741 bits per heavy atom. The van der Waals surface area contributed by atoms with Crippen LogP contribution in [-0.4, -0.2) is 21.7 Å². The van der Waals surface area contributed by atoms with E-state index in [2.05, 4.69) is 72.9 Å². The second-order valence-corrected chi connectivity index (χ2v) is 7.86. The second-order valence-electron chi connectivity index (χ2n) is 5.91. The van der Waals surface area contributed by atoms with Crippen LogP contribution in [-0.2, 0) is 10.0 Å². The van der Waals surface area contributed by atoms with E-state index in [0.29, 0.717) is 0 Å². The normalized spacial score (nSPS) is 8.37. The highest BCUT2D eigenvalue weighted by molar-refractivity contribution is 7.88. The van der Waals surface area contributed by atoms with Crippen molar-refractivity contribution in [1.29, 1.82) is 0 Å². The van der Waals surface area contributed by atoms with E-state index in [9.17, 15) is 8.42 Å². The highest BCUT2D eigenvalue weighted by atomic mass is 32.2. The van der Waals surface area contributed by atoms with Gasteiger partial charge in [-0.15, -0.1) is 6.58 Å². The van der Waals surface area contributed by atoms with Crippen LogP contribution in [0.4, 0.5) is 0 Å². The van der Waals surface area contributed by atoms with Gasteiger partial charge in [-0.3, -0.25) is 0 Å². The fraction of sp³-hybridized carbons (Fsp3) is 0.739. The Bertz CT molecular complexity index is 382. The van der Waals surface area contributed by atoms with Crippen molar-refractivity contribution in [3.63, 3.8) is 0 Å². The molecule has 0 aliphatic rings. The molecule has 4 heteroatoms. The van der Waals surface area contributed by atoms with Gasteiger partial charge in [0, 0.05) is 0 Å². The number of sulfonamides is 1. The van der Waals surface area contributed by atoms with E-state index in [0.717, 1.165) is 38.4 Å². The molecule has 0 unspecified atom stereocenters. The first-order valence-corrected chi connectivity index (χ1v) is 11.6. The van der Waals surface area contributed by atoms with Crippen molar-refractivity contribution in [1.82, 2.24) is 4.72 Å². The van der Waals surface area contributed by atoms with Gasteiger partial charge >= 0.3 is 0 Å². The molecule has 3 nitrogen and oxygen atoms in total. The van der Waals surface area contributed by atoms with Crippen LogP contribution >= 0.6 is 0 Å². The summed E-state index contributed by atoms with van der Waals surface area (Å²) in [4.78, 5) is 0. The van der Waals surface area contributed by atoms with Crippen molar-refractivity contribution < 1.29 is 8.42 Å². The average Bonchev–Trinajstić information content (AvgIpc) is 2.61. The van der Waals surface area contributed by atoms with E-state index in [1.165, 1.54) is 30.2 Å². The second kappa shape index (κ2) is 32.8. The number of allylic oxidation sites excluding steroid dienone is 3. The molecule has 0 rings (SSSR count). The van der Waals surface area contributed by atoms with Crippen molar-refractivity contribution in [3.8, 4) is 0 Å². The summed E-state index contributed by atoms with van der Waals surface area (Å²) in [6, 6.07) is 0. The smallest absolute Gasteiger partial charge is 0.208 e. The lowest BCUT2D eigenvalue weighted by Crippen LogP contribution is -2.15. The minimum absolute atomic E-state index is 0. The molecule has 0 bridgehead atoms. The average molecular weight is 408 g/mol. The van der Waals surface area contributed by atoms with Crippen LogP contribution in [0, 0.1) is 0 Å². The van der Waals surface area contributed by atoms with Crippen molar-refractivity contribution in [3.05, 3.63) is 36.5 Å². The lowest BCUT2D eigenvalue weighted by molar-refractivity contribution is 0.594. The predicted octanol–water partition coefficient (Wildman–Crippen LogP) is 7.92. The van der Waals surface area contributed by atoms with Gasteiger partial charge < -0.3 is 0 Å². The number of rotatable bonds is 6. The zero-order valence-corrected chi connectivity index (χ0v) is 20.4. The minimum Gasteiger partial charge on any atom is -0.219 e. The molecule has 1 N–H and O–H groups in total. The summed E-state index contributed by atoms with van der Waals surface area (Å²) >= 11 is 0. The molecule has 0 radical (unpaired) electrons. The lowest BCUT2D eigenvalue weighted by atomic mass is 10.2. The van der Waals surface area contributed by atoms with Crippen LogP contribution in [0.5, 0.6) is 0 Å². The van der Waals surface area contributed by atoms with Crippen molar-refractivity contribution in [2.45, 2.75) is 101 Å². The SMILES string of the molecule is C.C=C(C)CC.C=C(CC)CC.C=C(CC)CC.CCC.CNS(C)(=O)=O. The molecule has 0 saturated carbocycles. The molecule has 0 fully saturated rings. The fourth-order valence-electron chi connectivity index (χ4n) is 0.500. The van der Waals surface area contributed by atoms with Gasteiger partial charge in [0.05, 0.1) is 6.26 Å². The molecule has 0 amide bonds. The summed E-state index contributed by atoms with van der Waals surface area (Å²) in [6.45, 7) is 28.2. The molecule has 27 heavy (non-hydrogen) atoms. The highest BCUT2D eigenvalue weighted by Gasteiger charge is 1.88. The van der Waals surface area contributed by atoms with Crippen molar-refractivity contribution >= 4 is 10.0 Å². The highest BCUT2D eigenvalue weighted by Crippen LogP contribution is 1.99. The van der Waals surface area contributed by atoms with Gasteiger partial charge in [0.1, 0.15) is 0 Å². The summed E-state index contributed by atoms with van der Waals surface area (Å²) < 4.78 is 21.9. The molecule has 0 aliphatic carbocycles. The molecular formula is C23H53NO2S. The summed E-state index contributed by atoms with van der Waals surface area (Å²) in [6.07, 6.45) is 8.01. The van der Waals surface area contributed by atoms with E-state index in [1.54, 1.807) is 0 Å². The predicted molar refractivity (Wildman–Crippen MR) is 131 cm³/mol. The van der Waals surface area contributed by atoms with Crippen molar-refractivity contribution in [2.75, 3.05) is 13.3 Å². The van der Waals surface area contributed by atoms with Gasteiger partial charge in [-0.1, -0.05) is 92.2 Å². The minimum atomic E-state index is -2.91. The Hall–Kier alpha value is -0.870. The van der Waals surface area contributed by atoms with E-state index < -0.39 is 10.0 Å². The molecular weight excluding hydrogens is 354 g/mol. The molecule has 168 valence electrons. The first-order chi connectivity index (χ1) is 11.9. The Balaban J connectivity index is -0.0000000514. The maximum Gasteiger partial charge on any atom is 0.208 e. The van der Waals surface area contributed by atoms with Gasteiger partial charge in [0.2, 0.25) is 10.0 Å². The fourth-order valence-corrected chi connectivity index (χ4v) is 0.500. The van der Waals surface area contributed by atoms with Crippen LogP contribution in [0.25, 0.3) is 0 Å². The molecule has 0 aromatic rings. The van der Waals surface area contributed by atoms with Gasteiger partial charge in [-0.25, -0.2) is 13.1 Å².